The quantitative estimate of drug-likeness (QED) is 0.645. The fourth-order valence-corrected chi connectivity index (χ4v) is 1.53. The number of aliphatic hydroxyl groups excluding tert-OH is 1. The van der Waals surface area contributed by atoms with E-state index in [0.717, 1.165) is 6.26 Å². The first-order valence-electron chi connectivity index (χ1n) is 5.47. The standard InChI is InChI=1S/C14H18O3/c1-5-17-13(16)11-9-7-6-8-10(11)12(15)14(2,3)4/h5-9,12,15H,1H2,2-4H3. The summed E-state index contributed by atoms with van der Waals surface area (Å²) in [5, 5.41) is 10.2. The van der Waals surface area contributed by atoms with Crippen molar-refractivity contribution in [3.63, 3.8) is 0 Å². The van der Waals surface area contributed by atoms with Crippen molar-refractivity contribution in [1.29, 1.82) is 0 Å². The average molecular weight is 234 g/mol. The van der Waals surface area contributed by atoms with Gasteiger partial charge in [-0.25, -0.2) is 4.79 Å². The lowest BCUT2D eigenvalue weighted by Gasteiger charge is -2.27. The van der Waals surface area contributed by atoms with E-state index in [1.54, 1.807) is 24.3 Å². The third-order valence-corrected chi connectivity index (χ3v) is 2.49. The van der Waals surface area contributed by atoms with Crippen LogP contribution in [0.4, 0.5) is 0 Å². The molecule has 1 aromatic carbocycles. The highest BCUT2D eigenvalue weighted by molar-refractivity contribution is 5.91. The molecule has 1 unspecified atom stereocenters. The lowest BCUT2D eigenvalue weighted by molar-refractivity contribution is 0.0556. The Morgan fingerprint density at radius 1 is 1.41 bits per heavy atom. The molecule has 0 aromatic heterocycles. The molecule has 0 saturated carbocycles. The maximum absolute atomic E-state index is 11.7. The highest BCUT2D eigenvalue weighted by Crippen LogP contribution is 2.34. The van der Waals surface area contributed by atoms with Gasteiger partial charge in [0, 0.05) is 0 Å². The van der Waals surface area contributed by atoms with Gasteiger partial charge in [-0.1, -0.05) is 45.5 Å². The molecule has 1 aromatic rings. The summed E-state index contributed by atoms with van der Waals surface area (Å²) in [5.74, 6) is -0.501. The number of hydrogen-bond donors (Lipinski definition) is 1. The number of benzene rings is 1. The van der Waals surface area contributed by atoms with Gasteiger partial charge in [-0.3, -0.25) is 0 Å². The molecular formula is C14H18O3. The van der Waals surface area contributed by atoms with Gasteiger partial charge in [0.2, 0.25) is 0 Å². The van der Waals surface area contributed by atoms with E-state index in [2.05, 4.69) is 6.58 Å². The minimum Gasteiger partial charge on any atom is -0.432 e. The summed E-state index contributed by atoms with van der Waals surface area (Å²) in [6, 6.07) is 6.89. The van der Waals surface area contributed by atoms with E-state index in [9.17, 15) is 9.90 Å². The van der Waals surface area contributed by atoms with Crippen LogP contribution in [-0.2, 0) is 4.74 Å². The van der Waals surface area contributed by atoms with E-state index in [-0.39, 0.29) is 5.41 Å². The zero-order valence-electron chi connectivity index (χ0n) is 10.4. The molecule has 92 valence electrons. The minimum absolute atomic E-state index is 0.343. The smallest absolute Gasteiger partial charge is 0.343 e. The first kappa shape index (κ1) is 13.5. The van der Waals surface area contributed by atoms with E-state index in [4.69, 9.17) is 4.74 Å². The largest absolute Gasteiger partial charge is 0.432 e. The van der Waals surface area contributed by atoms with Gasteiger partial charge in [0.05, 0.1) is 17.9 Å². The first-order chi connectivity index (χ1) is 7.88. The molecule has 0 amide bonds. The molecule has 3 heteroatoms. The number of rotatable bonds is 3. The van der Waals surface area contributed by atoms with Crippen LogP contribution < -0.4 is 0 Å². The SMILES string of the molecule is C=COC(=O)c1ccccc1C(O)C(C)(C)C. The first-order valence-corrected chi connectivity index (χ1v) is 5.47. The van der Waals surface area contributed by atoms with Crippen LogP contribution in [0.2, 0.25) is 0 Å². The van der Waals surface area contributed by atoms with Crippen molar-refractivity contribution in [1.82, 2.24) is 0 Å². The second-order valence-electron chi connectivity index (χ2n) is 4.93. The summed E-state index contributed by atoms with van der Waals surface area (Å²) in [7, 11) is 0. The molecule has 0 aliphatic carbocycles. The number of esters is 1. The molecule has 1 atom stereocenters. The van der Waals surface area contributed by atoms with E-state index in [1.807, 2.05) is 20.8 Å². The Hall–Kier alpha value is -1.61. The van der Waals surface area contributed by atoms with Gasteiger partial charge in [-0.2, -0.15) is 0 Å². The Bertz CT molecular complexity index is 416. The molecule has 0 bridgehead atoms. The second-order valence-corrected chi connectivity index (χ2v) is 4.93. The molecule has 0 heterocycles. The van der Waals surface area contributed by atoms with Crippen LogP contribution in [-0.4, -0.2) is 11.1 Å². The Kier molecular flexibility index (Phi) is 4.07. The zero-order valence-corrected chi connectivity index (χ0v) is 10.4. The zero-order chi connectivity index (χ0) is 13.1. The molecule has 0 spiro atoms. The maximum atomic E-state index is 11.7. The van der Waals surface area contributed by atoms with E-state index in [1.165, 1.54) is 0 Å². The summed E-state index contributed by atoms with van der Waals surface area (Å²) in [5.41, 5.74) is 0.603. The molecule has 17 heavy (non-hydrogen) atoms. The Labute approximate surface area is 102 Å². The van der Waals surface area contributed by atoms with Crippen molar-refractivity contribution >= 4 is 5.97 Å². The molecule has 0 aliphatic heterocycles. The Balaban J connectivity index is 3.16. The van der Waals surface area contributed by atoms with Gasteiger partial charge in [0.15, 0.2) is 0 Å². The van der Waals surface area contributed by atoms with Gasteiger partial charge in [0.25, 0.3) is 0 Å². The van der Waals surface area contributed by atoms with Crippen LogP contribution in [0.3, 0.4) is 0 Å². The van der Waals surface area contributed by atoms with Crippen LogP contribution in [0.15, 0.2) is 37.1 Å². The van der Waals surface area contributed by atoms with Crippen LogP contribution in [0.25, 0.3) is 0 Å². The summed E-state index contributed by atoms with van der Waals surface area (Å²) >= 11 is 0. The molecule has 0 aliphatic rings. The fraction of sp³-hybridized carbons (Fsp3) is 0.357. The van der Waals surface area contributed by atoms with Crippen molar-refractivity contribution in [3.8, 4) is 0 Å². The second kappa shape index (κ2) is 5.15. The predicted octanol–water partition coefficient (Wildman–Crippen LogP) is 3.07. The van der Waals surface area contributed by atoms with E-state index in [0.29, 0.717) is 11.1 Å². The number of hydrogen-bond acceptors (Lipinski definition) is 3. The van der Waals surface area contributed by atoms with E-state index < -0.39 is 12.1 Å². The third-order valence-electron chi connectivity index (χ3n) is 2.49. The van der Waals surface area contributed by atoms with Crippen molar-refractivity contribution in [3.05, 3.63) is 48.2 Å². The van der Waals surface area contributed by atoms with Gasteiger partial charge in [-0.15, -0.1) is 0 Å². The van der Waals surface area contributed by atoms with Gasteiger partial charge in [0.1, 0.15) is 0 Å². The minimum atomic E-state index is -0.726. The maximum Gasteiger partial charge on any atom is 0.343 e. The molecule has 1 N–H and O–H groups in total. The van der Waals surface area contributed by atoms with Gasteiger partial charge < -0.3 is 9.84 Å². The van der Waals surface area contributed by atoms with Crippen LogP contribution in [0, 0.1) is 5.41 Å². The molecule has 0 fully saturated rings. The normalized spacial score (nSPS) is 12.9. The fourth-order valence-electron chi connectivity index (χ4n) is 1.53. The lowest BCUT2D eigenvalue weighted by Crippen LogP contribution is -2.20. The number of ether oxygens (including phenoxy) is 1. The molecular weight excluding hydrogens is 216 g/mol. The van der Waals surface area contributed by atoms with Crippen LogP contribution in [0.1, 0.15) is 42.8 Å². The summed E-state index contributed by atoms with van der Waals surface area (Å²) in [4.78, 5) is 11.7. The van der Waals surface area contributed by atoms with Crippen molar-refractivity contribution in [2.75, 3.05) is 0 Å². The van der Waals surface area contributed by atoms with Gasteiger partial charge >= 0.3 is 5.97 Å². The van der Waals surface area contributed by atoms with Crippen molar-refractivity contribution in [2.24, 2.45) is 5.41 Å². The van der Waals surface area contributed by atoms with Crippen LogP contribution in [0.5, 0.6) is 0 Å². The molecule has 0 radical (unpaired) electrons. The summed E-state index contributed by atoms with van der Waals surface area (Å²) < 4.78 is 4.75. The topological polar surface area (TPSA) is 46.5 Å². The highest BCUT2D eigenvalue weighted by Gasteiger charge is 2.27. The third kappa shape index (κ3) is 3.17. The van der Waals surface area contributed by atoms with Crippen molar-refractivity contribution in [2.45, 2.75) is 26.9 Å². The lowest BCUT2D eigenvalue weighted by atomic mass is 9.83. The Morgan fingerprint density at radius 2 is 2.00 bits per heavy atom. The van der Waals surface area contributed by atoms with E-state index >= 15 is 0 Å². The monoisotopic (exact) mass is 234 g/mol. The Morgan fingerprint density at radius 3 is 2.53 bits per heavy atom. The number of carbonyl (C=O) groups is 1. The molecule has 3 nitrogen and oxygen atoms in total. The predicted molar refractivity (Wildman–Crippen MR) is 66.5 cm³/mol. The van der Waals surface area contributed by atoms with Crippen LogP contribution >= 0.6 is 0 Å². The summed E-state index contributed by atoms with van der Waals surface area (Å²) in [6.07, 6.45) is 0.360. The number of carbonyl (C=O) groups excluding carboxylic acids is 1. The van der Waals surface area contributed by atoms with Gasteiger partial charge in [-0.05, 0) is 17.0 Å². The average Bonchev–Trinajstić information content (AvgIpc) is 2.27. The highest BCUT2D eigenvalue weighted by atomic mass is 16.5. The summed E-state index contributed by atoms with van der Waals surface area (Å²) in [6.45, 7) is 9.07. The molecule has 1 rings (SSSR count). The number of aliphatic hydroxyl groups is 1. The van der Waals surface area contributed by atoms with Crippen molar-refractivity contribution < 1.29 is 14.6 Å². The molecule has 0 saturated heterocycles.